The lowest BCUT2D eigenvalue weighted by atomic mass is 10.3. The average Bonchev–Trinajstić information content (AvgIpc) is 3.18. The van der Waals surface area contributed by atoms with Gasteiger partial charge in [0.05, 0.1) is 16.8 Å². The number of aromatic amines is 1. The molecule has 3 heterocycles. The van der Waals surface area contributed by atoms with Crippen molar-refractivity contribution in [1.29, 1.82) is 0 Å². The molecule has 8 nitrogen and oxygen atoms in total. The van der Waals surface area contributed by atoms with Crippen molar-refractivity contribution in [2.24, 2.45) is 0 Å². The van der Waals surface area contributed by atoms with E-state index in [9.17, 15) is 9.59 Å². The molecule has 4 aromatic rings. The Morgan fingerprint density at radius 1 is 1.36 bits per heavy atom. The molecule has 0 saturated heterocycles. The van der Waals surface area contributed by atoms with E-state index in [1.165, 1.54) is 27.6 Å². The molecule has 0 aliphatic heterocycles. The number of hydrogen-bond donors (Lipinski definition) is 2. The van der Waals surface area contributed by atoms with Crippen LogP contribution >= 0.6 is 23.1 Å². The van der Waals surface area contributed by atoms with E-state index < -0.39 is 0 Å². The molecule has 3 aromatic heterocycles. The summed E-state index contributed by atoms with van der Waals surface area (Å²) in [6.45, 7) is 1.59. The number of carbonyl (C=O) groups excluding carboxylic acids is 1. The zero-order valence-corrected chi connectivity index (χ0v) is 14.6. The van der Waals surface area contributed by atoms with Gasteiger partial charge in [0.1, 0.15) is 11.5 Å². The van der Waals surface area contributed by atoms with E-state index >= 15 is 0 Å². The molecule has 0 bridgehead atoms. The Labute approximate surface area is 149 Å². The van der Waals surface area contributed by atoms with Gasteiger partial charge in [-0.25, -0.2) is 4.98 Å². The standard InChI is InChI=1S/C15H12N6O2S2/c1-8-13(23)19-15-21(20-8)11(6-25-15)18-12(22)7-24-14-16-9-4-2-3-5-10(9)17-14/h2-6H,7H2,1H3,(H,16,17)(H,18,22). The summed E-state index contributed by atoms with van der Waals surface area (Å²) >= 11 is 2.56. The number of benzene rings is 1. The average molecular weight is 372 g/mol. The fourth-order valence-corrected chi connectivity index (χ4v) is 3.67. The van der Waals surface area contributed by atoms with E-state index in [0.29, 0.717) is 15.9 Å². The number of H-pyrrole nitrogens is 1. The van der Waals surface area contributed by atoms with Crippen LogP contribution < -0.4 is 10.9 Å². The Balaban J connectivity index is 1.47. The van der Waals surface area contributed by atoms with Gasteiger partial charge in [-0.3, -0.25) is 9.59 Å². The van der Waals surface area contributed by atoms with Crippen LogP contribution in [0.1, 0.15) is 5.69 Å². The maximum Gasteiger partial charge on any atom is 0.295 e. The van der Waals surface area contributed by atoms with Crippen LogP contribution in [0.15, 0.2) is 39.6 Å². The molecular formula is C15H12N6O2S2. The predicted octanol–water partition coefficient (Wildman–Crippen LogP) is 2.07. The molecule has 2 N–H and O–H groups in total. The first kappa shape index (κ1) is 15.8. The molecule has 1 aromatic carbocycles. The summed E-state index contributed by atoms with van der Waals surface area (Å²) in [4.78, 5) is 35.7. The van der Waals surface area contributed by atoms with Crippen LogP contribution in [0.25, 0.3) is 16.0 Å². The number of fused-ring (bicyclic) bond motifs is 2. The summed E-state index contributed by atoms with van der Waals surface area (Å²) in [5.74, 6) is 0.498. The van der Waals surface area contributed by atoms with Crippen molar-refractivity contribution in [3.05, 3.63) is 45.7 Å². The van der Waals surface area contributed by atoms with Gasteiger partial charge in [-0.2, -0.15) is 14.6 Å². The van der Waals surface area contributed by atoms with E-state index in [4.69, 9.17) is 0 Å². The minimum Gasteiger partial charge on any atom is -0.333 e. The highest BCUT2D eigenvalue weighted by Crippen LogP contribution is 2.20. The predicted molar refractivity (Wildman–Crippen MR) is 97.3 cm³/mol. The second-order valence-corrected chi connectivity index (χ2v) is 7.01. The summed E-state index contributed by atoms with van der Waals surface area (Å²) in [5, 5.41) is 9.32. The smallest absolute Gasteiger partial charge is 0.295 e. The quantitative estimate of drug-likeness (QED) is 0.531. The Morgan fingerprint density at radius 3 is 3.04 bits per heavy atom. The Bertz CT molecular complexity index is 1110. The molecule has 0 fully saturated rings. The number of anilines is 1. The minimum atomic E-state index is -0.361. The van der Waals surface area contributed by atoms with Crippen LogP contribution in [0.3, 0.4) is 0 Å². The first-order chi connectivity index (χ1) is 12.1. The molecule has 126 valence electrons. The van der Waals surface area contributed by atoms with Crippen LogP contribution in [0.2, 0.25) is 0 Å². The Kier molecular flexibility index (Phi) is 3.98. The molecule has 0 unspecified atom stereocenters. The van der Waals surface area contributed by atoms with Crippen molar-refractivity contribution < 1.29 is 4.79 Å². The normalized spacial score (nSPS) is 11.2. The van der Waals surface area contributed by atoms with Crippen LogP contribution in [-0.2, 0) is 4.79 Å². The Morgan fingerprint density at radius 2 is 2.20 bits per heavy atom. The molecule has 0 radical (unpaired) electrons. The summed E-state index contributed by atoms with van der Waals surface area (Å²) in [6.07, 6.45) is 0. The number of imidazole rings is 1. The van der Waals surface area contributed by atoms with Crippen LogP contribution in [0.5, 0.6) is 0 Å². The fraction of sp³-hybridized carbons (Fsp3) is 0.133. The lowest BCUT2D eigenvalue weighted by Gasteiger charge is -2.03. The highest BCUT2D eigenvalue weighted by molar-refractivity contribution is 7.99. The van der Waals surface area contributed by atoms with E-state index in [-0.39, 0.29) is 22.9 Å². The summed E-state index contributed by atoms with van der Waals surface area (Å²) in [6, 6.07) is 7.69. The number of carbonyl (C=O) groups is 1. The van der Waals surface area contributed by atoms with Gasteiger partial charge >= 0.3 is 0 Å². The number of amides is 1. The molecule has 0 aliphatic rings. The van der Waals surface area contributed by atoms with Gasteiger partial charge in [-0.15, -0.1) is 11.3 Å². The highest BCUT2D eigenvalue weighted by atomic mass is 32.2. The molecule has 4 rings (SSSR count). The lowest BCUT2D eigenvalue weighted by molar-refractivity contribution is -0.113. The van der Waals surface area contributed by atoms with Crippen LogP contribution in [0.4, 0.5) is 5.82 Å². The fourth-order valence-electron chi connectivity index (χ4n) is 2.24. The third-order valence-corrected chi connectivity index (χ3v) is 5.11. The molecule has 25 heavy (non-hydrogen) atoms. The second-order valence-electron chi connectivity index (χ2n) is 5.21. The van der Waals surface area contributed by atoms with Gasteiger partial charge in [-0.05, 0) is 19.1 Å². The van der Waals surface area contributed by atoms with E-state index in [1.807, 2.05) is 24.3 Å². The van der Waals surface area contributed by atoms with Crippen molar-refractivity contribution in [3.8, 4) is 0 Å². The third-order valence-electron chi connectivity index (χ3n) is 3.42. The number of nitrogens with zero attached hydrogens (tertiary/aromatic N) is 4. The molecule has 0 atom stereocenters. The lowest BCUT2D eigenvalue weighted by Crippen LogP contribution is -2.19. The van der Waals surface area contributed by atoms with E-state index in [2.05, 4.69) is 25.4 Å². The maximum absolute atomic E-state index is 12.2. The second kappa shape index (κ2) is 6.30. The first-order valence-corrected chi connectivity index (χ1v) is 9.19. The van der Waals surface area contributed by atoms with Gasteiger partial charge < -0.3 is 10.3 Å². The highest BCUT2D eigenvalue weighted by Gasteiger charge is 2.12. The third kappa shape index (κ3) is 3.13. The van der Waals surface area contributed by atoms with Gasteiger partial charge in [-0.1, -0.05) is 23.9 Å². The largest absolute Gasteiger partial charge is 0.333 e. The number of aromatic nitrogens is 5. The van der Waals surface area contributed by atoms with E-state index in [1.54, 1.807) is 12.3 Å². The monoisotopic (exact) mass is 372 g/mol. The van der Waals surface area contributed by atoms with Crippen molar-refractivity contribution in [2.45, 2.75) is 12.1 Å². The molecule has 0 aliphatic carbocycles. The number of para-hydroxylation sites is 2. The summed E-state index contributed by atoms with van der Waals surface area (Å²) in [7, 11) is 0. The van der Waals surface area contributed by atoms with Crippen molar-refractivity contribution in [1.82, 2.24) is 24.6 Å². The number of thioether (sulfide) groups is 1. The molecule has 0 spiro atoms. The maximum atomic E-state index is 12.2. The summed E-state index contributed by atoms with van der Waals surface area (Å²) < 4.78 is 1.46. The van der Waals surface area contributed by atoms with Crippen molar-refractivity contribution >= 4 is 50.8 Å². The topological polar surface area (TPSA) is 105 Å². The van der Waals surface area contributed by atoms with Crippen LogP contribution in [-0.4, -0.2) is 36.2 Å². The van der Waals surface area contributed by atoms with Gasteiger partial charge in [0, 0.05) is 5.38 Å². The van der Waals surface area contributed by atoms with Gasteiger partial charge in [0.15, 0.2) is 5.16 Å². The number of aryl methyl sites for hydroxylation is 1. The van der Waals surface area contributed by atoms with Crippen molar-refractivity contribution in [2.75, 3.05) is 11.1 Å². The van der Waals surface area contributed by atoms with E-state index in [0.717, 1.165) is 11.0 Å². The number of nitrogens with one attached hydrogen (secondary N) is 2. The zero-order valence-electron chi connectivity index (χ0n) is 13.0. The van der Waals surface area contributed by atoms with Gasteiger partial charge in [0.25, 0.3) is 5.56 Å². The SMILES string of the molecule is Cc1nn2c(NC(=O)CSc3nc4ccccc4[nH]3)csc2nc1=O. The molecule has 1 amide bonds. The van der Waals surface area contributed by atoms with Crippen molar-refractivity contribution in [3.63, 3.8) is 0 Å². The van der Waals surface area contributed by atoms with Gasteiger partial charge in [0.2, 0.25) is 10.9 Å². The molecule has 0 saturated carbocycles. The van der Waals surface area contributed by atoms with Crippen LogP contribution in [0, 0.1) is 6.92 Å². The first-order valence-electron chi connectivity index (χ1n) is 7.33. The molecular weight excluding hydrogens is 360 g/mol. The number of thiazole rings is 1. The number of rotatable bonds is 4. The minimum absolute atomic E-state index is 0.191. The summed E-state index contributed by atoms with van der Waals surface area (Å²) in [5.41, 5.74) is 1.72. The molecule has 10 heteroatoms. The zero-order chi connectivity index (χ0) is 17.4. The Hall–Kier alpha value is -2.72. The number of hydrogen-bond acceptors (Lipinski definition) is 7.